The van der Waals surface area contributed by atoms with Crippen LogP contribution in [-0.2, 0) is 14.8 Å². The van der Waals surface area contributed by atoms with Gasteiger partial charge in [-0.2, -0.15) is 0 Å². The van der Waals surface area contributed by atoms with Crippen LogP contribution < -0.4 is 4.72 Å². The van der Waals surface area contributed by atoms with E-state index in [1.807, 2.05) is 38.7 Å². The van der Waals surface area contributed by atoms with Gasteiger partial charge in [-0.25, -0.2) is 13.1 Å². The zero-order valence-electron chi connectivity index (χ0n) is 16.6. The van der Waals surface area contributed by atoms with Gasteiger partial charge in [0.2, 0.25) is 10.0 Å². The molecule has 0 aliphatic heterocycles. The molecule has 0 spiro atoms. The van der Waals surface area contributed by atoms with Crippen LogP contribution in [0, 0.1) is 33.6 Å². The Morgan fingerprint density at radius 1 is 1.15 bits per heavy atom. The van der Waals surface area contributed by atoms with Crippen molar-refractivity contribution in [3.05, 3.63) is 28.3 Å². The Balaban J connectivity index is 1.67. The van der Waals surface area contributed by atoms with Gasteiger partial charge in [-0.1, -0.05) is 6.07 Å². The Kier molecular flexibility index (Phi) is 5.66. The molecule has 1 aromatic rings. The number of rotatable bonds is 8. The molecule has 6 nitrogen and oxygen atoms in total. The van der Waals surface area contributed by atoms with E-state index in [2.05, 4.69) is 4.72 Å². The average Bonchev–Trinajstić information content (AvgIpc) is 3.31. The van der Waals surface area contributed by atoms with Crippen molar-refractivity contribution in [1.29, 1.82) is 0 Å². The summed E-state index contributed by atoms with van der Waals surface area (Å²) in [7, 11) is -3.59. The molecule has 2 N–H and O–H groups in total. The Labute approximate surface area is 162 Å². The summed E-state index contributed by atoms with van der Waals surface area (Å²) in [5.74, 6) is -0.207. The predicted octanol–water partition coefficient (Wildman–Crippen LogP) is 2.53. The standard InChI is InChI=1S/C20H30N2O4S/c1-12-7-13(2)15(4)20(14(12)3)27(25,26)21-17-8-18(9-17)22(11-19(23)24)10-16-5-6-16/h7,16-18,21H,5-6,8-11H2,1-4H3,(H,23,24). The van der Waals surface area contributed by atoms with Crippen LogP contribution in [0.1, 0.15) is 47.9 Å². The van der Waals surface area contributed by atoms with E-state index in [1.54, 1.807) is 0 Å². The molecule has 27 heavy (non-hydrogen) atoms. The van der Waals surface area contributed by atoms with E-state index in [9.17, 15) is 13.2 Å². The van der Waals surface area contributed by atoms with Gasteiger partial charge in [0.05, 0.1) is 11.4 Å². The van der Waals surface area contributed by atoms with E-state index < -0.39 is 16.0 Å². The summed E-state index contributed by atoms with van der Waals surface area (Å²) in [5, 5.41) is 9.15. The molecule has 2 saturated carbocycles. The summed E-state index contributed by atoms with van der Waals surface area (Å²) in [6, 6.07) is 2.04. The molecule has 2 fully saturated rings. The van der Waals surface area contributed by atoms with Crippen molar-refractivity contribution in [2.45, 2.75) is 70.4 Å². The number of hydrogen-bond donors (Lipinski definition) is 2. The Bertz CT molecular complexity index is 814. The largest absolute Gasteiger partial charge is 0.480 e. The van der Waals surface area contributed by atoms with E-state index in [0.717, 1.165) is 28.8 Å². The van der Waals surface area contributed by atoms with Gasteiger partial charge in [-0.3, -0.25) is 9.69 Å². The zero-order chi connectivity index (χ0) is 19.9. The molecule has 0 radical (unpaired) electrons. The average molecular weight is 395 g/mol. The second kappa shape index (κ2) is 7.53. The highest BCUT2D eigenvalue weighted by molar-refractivity contribution is 7.89. The van der Waals surface area contributed by atoms with Gasteiger partial charge in [0.15, 0.2) is 0 Å². The first-order chi connectivity index (χ1) is 12.6. The molecular weight excluding hydrogens is 364 g/mol. The SMILES string of the molecule is Cc1cc(C)c(C)c(S(=O)(=O)NC2CC(N(CC(=O)O)CC3CC3)C2)c1C. The van der Waals surface area contributed by atoms with Gasteiger partial charge in [-0.15, -0.1) is 0 Å². The monoisotopic (exact) mass is 394 g/mol. The highest BCUT2D eigenvalue weighted by Gasteiger charge is 2.39. The second-order valence-corrected chi connectivity index (χ2v) is 9.95. The van der Waals surface area contributed by atoms with Crippen LogP contribution in [0.15, 0.2) is 11.0 Å². The lowest BCUT2D eigenvalue weighted by atomic mass is 9.86. The Morgan fingerprint density at radius 3 is 2.19 bits per heavy atom. The number of aliphatic carboxylic acids is 1. The number of sulfonamides is 1. The third-order valence-corrected chi connectivity index (χ3v) is 7.84. The topological polar surface area (TPSA) is 86.7 Å². The van der Waals surface area contributed by atoms with E-state index in [1.165, 1.54) is 12.8 Å². The number of benzene rings is 1. The van der Waals surface area contributed by atoms with Gasteiger partial charge < -0.3 is 5.11 Å². The first kappa shape index (κ1) is 20.3. The van der Waals surface area contributed by atoms with Crippen molar-refractivity contribution in [3.8, 4) is 0 Å². The van der Waals surface area contributed by atoms with E-state index in [4.69, 9.17) is 5.11 Å². The van der Waals surface area contributed by atoms with Crippen LogP contribution in [0.5, 0.6) is 0 Å². The van der Waals surface area contributed by atoms with Crippen molar-refractivity contribution < 1.29 is 18.3 Å². The first-order valence-corrected chi connectivity index (χ1v) is 11.1. The van der Waals surface area contributed by atoms with Crippen molar-refractivity contribution in [3.63, 3.8) is 0 Å². The van der Waals surface area contributed by atoms with Crippen LogP contribution in [0.25, 0.3) is 0 Å². The van der Waals surface area contributed by atoms with Crippen LogP contribution in [-0.4, -0.2) is 49.6 Å². The molecule has 0 unspecified atom stereocenters. The van der Waals surface area contributed by atoms with Gasteiger partial charge in [0.25, 0.3) is 0 Å². The normalized spacial score (nSPS) is 22.7. The first-order valence-electron chi connectivity index (χ1n) is 9.64. The fourth-order valence-corrected chi connectivity index (χ4v) is 5.87. The molecule has 2 aliphatic carbocycles. The molecule has 1 aromatic carbocycles. The maximum Gasteiger partial charge on any atom is 0.317 e. The number of nitrogens with one attached hydrogen (secondary N) is 1. The minimum Gasteiger partial charge on any atom is -0.480 e. The summed E-state index contributed by atoms with van der Waals surface area (Å²) in [5.41, 5.74) is 3.54. The maximum atomic E-state index is 13.0. The minimum absolute atomic E-state index is 0.0376. The molecule has 2 aliphatic rings. The van der Waals surface area contributed by atoms with Crippen LogP contribution in [0.3, 0.4) is 0 Å². The third-order valence-electron chi connectivity index (χ3n) is 6.05. The fourth-order valence-electron chi connectivity index (χ4n) is 3.99. The van der Waals surface area contributed by atoms with E-state index in [0.29, 0.717) is 23.7 Å². The van der Waals surface area contributed by atoms with E-state index in [-0.39, 0.29) is 18.6 Å². The molecule has 0 bridgehead atoms. The number of hydrogen-bond acceptors (Lipinski definition) is 4. The van der Waals surface area contributed by atoms with Crippen molar-refractivity contribution in [2.24, 2.45) is 5.92 Å². The fraction of sp³-hybridized carbons (Fsp3) is 0.650. The van der Waals surface area contributed by atoms with Crippen LogP contribution in [0.2, 0.25) is 0 Å². The van der Waals surface area contributed by atoms with Crippen molar-refractivity contribution >= 4 is 16.0 Å². The molecule has 0 aromatic heterocycles. The highest BCUT2D eigenvalue weighted by Crippen LogP contribution is 2.34. The summed E-state index contributed by atoms with van der Waals surface area (Å²) >= 11 is 0. The number of carboxylic acid groups (broad SMARTS) is 1. The number of carboxylic acids is 1. The summed E-state index contributed by atoms with van der Waals surface area (Å²) in [4.78, 5) is 13.5. The number of carbonyl (C=O) groups is 1. The molecule has 0 heterocycles. The highest BCUT2D eigenvalue weighted by atomic mass is 32.2. The predicted molar refractivity (Wildman–Crippen MR) is 104 cm³/mol. The lowest BCUT2D eigenvalue weighted by molar-refractivity contribution is -0.139. The molecule has 0 atom stereocenters. The second-order valence-electron chi connectivity index (χ2n) is 8.30. The number of nitrogens with zero attached hydrogens (tertiary/aromatic N) is 1. The van der Waals surface area contributed by atoms with Gasteiger partial charge in [0, 0.05) is 18.6 Å². The zero-order valence-corrected chi connectivity index (χ0v) is 17.4. The van der Waals surface area contributed by atoms with E-state index >= 15 is 0 Å². The molecule has 0 amide bonds. The van der Waals surface area contributed by atoms with Crippen LogP contribution in [0.4, 0.5) is 0 Å². The van der Waals surface area contributed by atoms with Gasteiger partial charge >= 0.3 is 5.97 Å². The lowest BCUT2D eigenvalue weighted by Gasteiger charge is -2.42. The minimum atomic E-state index is -3.59. The quantitative estimate of drug-likeness (QED) is 0.708. The summed E-state index contributed by atoms with van der Waals surface area (Å²) in [6.45, 7) is 8.42. The van der Waals surface area contributed by atoms with Crippen molar-refractivity contribution in [2.75, 3.05) is 13.1 Å². The molecule has 3 rings (SSSR count). The number of aryl methyl sites for hydroxylation is 2. The summed E-state index contributed by atoms with van der Waals surface area (Å²) < 4.78 is 28.9. The van der Waals surface area contributed by atoms with Crippen LogP contribution >= 0.6 is 0 Å². The summed E-state index contributed by atoms with van der Waals surface area (Å²) in [6.07, 6.45) is 3.68. The molecule has 150 valence electrons. The Morgan fingerprint density at radius 2 is 1.70 bits per heavy atom. The van der Waals surface area contributed by atoms with Gasteiger partial charge in [-0.05, 0) is 81.5 Å². The molecule has 0 saturated heterocycles. The van der Waals surface area contributed by atoms with Gasteiger partial charge in [0.1, 0.15) is 0 Å². The molecule has 7 heteroatoms. The van der Waals surface area contributed by atoms with Crippen molar-refractivity contribution in [1.82, 2.24) is 9.62 Å². The Hall–Kier alpha value is -1.44. The smallest absolute Gasteiger partial charge is 0.317 e. The molecular formula is C20H30N2O4S. The third kappa shape index (κ3) is 4.52. The lowest BCUT2D eigenvalue weighted by Crippen LogP contribution is -2.55. The maximum absolute atomic E-state index is 13.0.